The third-order valence-corrected chi connectivity index (χ3v) is 4.85. The molecule has 0 aliphatic carbocycles. The van der Waals surface area contributed by atoms with E-state index in [0.29, 0.717) is 12.6 Å². The van der Waals surface area contributed by atoms with E-state index >= 15 is 0 Å². The molecule has 2 fully saturated rings. The zero-order valence-corrected chi connectivity index (χ0v) is 15.2. The fourth-order valence-corrected chi connectivity index (χ4v) is 3.58. The van der Waals surface area contributed by atoms with Gasteiger partial charge in [0.15, 0.2) is 0 Å². The zero-order valence-electron chi connectivity index (χ0n) is 14.4. The Kier molecular flexibility index (Phi) is 7.34. The third kappa shape index (κ3) is 4.85. The summed E-state index contributed by atoms with van der Waals surface area (Å²) in [4.78, 5) is 18.7. The Hall–Kier alpha value is -1.30. The van der Waals surface area contributed by atoms with Crippen LogP contribution in [0.3, 0.4) is 0 Å². The number of hydrogen-bond donors (Lipinski definition) is 0. The Morgan fingerprint density at radius 1 is 1.12 bits per heavy atom. The van der Waals surface area contributed by atoms with Crippen LogP contribution in [-0.4, -0.2) is 72.7 Å². The molecule has 2 heterocycles. The lowest BCUT2D eigenvalue weighted by Crippen LogP contribution is -2.52. The Balaban J connectivity index is 0.00000208. The van der Waals surface area contributed by atoms with Crippen molar-refractivity contribution in [2.24, 2.45) is 0 Å². The summed E-state index contributed by atoms with van der Waals surface area (Å²) in [6.07, 6.45) is 1.07. The number of piperazine rings is 1. The summed E-state index contributed by atoms with van der Waals surface area (Å²) in [6, 6.07) is 11.3. The quantitative estimate of drug-likeness (QED) is 0.833. The third-order valence-electron chi connectivity index (χ3n) is 4.85. The molecule has 0 aromatic heterocycles. The van der Waals surface area contributed by atoms with Crippen molar-refractivity contribution in [3.05, 3.63) is 35.9 Å². The van der Waals surface area contributed by atoms with Gasteiger partial charge in [-0.05, 0) is 18.9 Å². The van der Waals surface area contributed by atoms with Gasteiger partial charge in [0.05, 0.1) is 6.61 Å². The summed E-state index contributed by atoms with van der Waals surface area (Å²) in [5.74, 6) is 0. The van der Waals surface area contributed by atoms with Gasteiger partial charge in [-0.3, -0.25) is 9.80 Å². The van der Waals surface area contributed by atoms with Gasteiger partial charge in [0.25, 0.3) is 0 Å². The maximum absolute atomic E-state index is 11.8. The van der Waals surface area contributed by atoms with Crippen LogP contribution in [0.5, 0.6) is 0 Å². The maximum Gasteiger partial charge on any atom is 0.409 e. The van der Waals surface area contributed by atoms with Crippen LogP contribution < -0.4 is 0 Å². The number of halogens is 1. The van der Waals surface area contributed by atoms with Crippen LogP contribution in [0.1, 0.15) is 18.9 Å². The van der Waals surface area contributed by atoms with E-state index < -0.39 is 0 Å². The highest BCUT2D eigenvalue weighted by atomic mass is 35.5. The molecule has 0 spiro atoms. The molecule has 2 saturated heterocycles. The standard InChI is InChI=1S/C18H27N3O2.ClH/c1-2-23-18(22)21-12-10-20(11-13-21)17-8-9-19(15-17)14-16-6-4-3-5-7-16;/h3-7,17H,2,8-15H2,1H3;1H. The van der Waals surface area contributed by atoms with Crippen LogP contribution in [0.15, 0.2) is 30.3 Å². The van der Waals surface area contributed by atoms with Crippen LogP contribution in [0.2, 0.25) is 0 Å². The minimum absolute atomic E-state index is 0. The average molecular weight is 354 g/mol. The van der Waals surface area contributed by atoms with Gasteiger partial charge in [0, 0.05) is 51.9 Å². The van der Waals surface area contributed by atoms with Gasteiger partial charge in [0.1, 0.15) is 0 Å². The van der Waals surface area contributed by atoms with Gasteiger partial charge in [0.2, 0.25) is 0 Å². The normalized spacial score (nSPS) is 22.2. The number of likely N-dealkylation sites (tertiary alicyclic amines) is 1. The summed E-state index contributed by atoms with van der Waals surface area (Å²) in [5.41, 5.74) is 1.39. The molecule has 1 aromatic rings. The summed E-state index contributed by atoms with van der Waals surface area (Å²) < 4.78 is 5.09. The average Bonchev–Trinajstić information content (AvgIpc) is 3.05. The van der Waals surface area contributed by atoms with Gasteiger partial charge in [-0.1, -0.05) is 30.3 Å². The first-order chi connectivity index (χ1) is 11.3. The first-order valence-electron chi connectivity index (χ1n) is 8.68. The van der Waals surface area contributed by atoms with Crippen LogP contribution in [0, 0.1) is 0 Å². The smallest absolute Gasteiger partial charge is 0.409 e. The van der Waals surface area contributed by atoms with E-state index in [2.05, 4.69) is 40.1 Å². The number of amides is 1. The molecule has 2 aliphatic rings. The van der Waals surface area contributed by atoms with Gasteiger partial charge < -0.3 is 9.64 Å². The molecule has 134 valence electrons. The molecular formula is C18H28ClN3O2. The molecule has 1 aromatic carbocycles. The zero-order chi connectivity index (χ0) is 16.1. The number of ether oxygens (including phenoxy) is 1. The first kappa shape index (κ1) is 19.0. The lowest BCUT2D eigenvalue weighted by atomic mass is 10.2. The maximum atomic E-state index is 11.8. The minimum atomic E-state index is -0.163. The monoisotopic (exact) mass is 353 g/mol. The Bertz CT molecular complexity index is 506. The molecular weight excluding hydrogens is 326 g/mol. The van der Waals surface area contributed by atoms with E-state index in [1.165, 1.54) is 12.0 Å². The summed E-state index contributed by atoms with van der Waals surface area (Å²) in [5, 5.41) is 0. The van der Waals surface area contributed by atoms with Crippen molar-refractivity contribution in [2.75, 3.05) is 45.9 Å². The molecule has 2 aliphatic heterocycles. The van der Waals surface area contributed by atoms with Crippen molar-refractivity contribution in [2.45, 2.75) is 25.9 Å². The molecule has 1 amide bonds. The van der Waals surface area contributed by atoms with Crippen LogP contribution >= 0.6 is 12.4 Å². The molecule has 3 rings (SSSR count). The van der Waals surface area contributed by atoms with E-state index in [4.69, 9.17) is 4.74 Å². The number of nitrogens with zero attached hydrogens (tertiary/aromatic N) is 3. The molecule has 0 bridgehead atoms. The van der Waals surface area contributed by atoms with Crippen molar-refractivity contribution in [1.29, 1.82) is 0 Å². The van der Waals surface area contributed by atoms with Crippen molar-refractivity contribution in [3.8, 4) is 0 Å². The van der Waals surface area contributed by atoms with E-state index in [0.717, 1.165) is 45.8 Å². The number of benzene rings is 1. The van der Waals surface area contributed by atoms with E-state index in [9.17, 15) is 4.79 Å². The summed E-state index contributed by atoms with van der Waals surface area (Å²) in [6.45, 7) is 9.14. The highest BCUT2D eigenvalue weighted by Crippen LogP contribution is 2.19. The fourth-order valence-electron chi connectivity index (χ4n) is 3.58. The largest absolute Gasteiger partial charge is 0.450 e. The molecule has 0 N–H and O–H groups in total. The van der Waals surface area contributed by atoms with Crippen LogP contribution in [0.25, 0.3) is 0 Å². The van der Waals surface area contributed by atoms with Crippen LogP contribution in [0.4, 0.5) is 4.79 Å². The lowest BCUT2D eigenvalue weighted by Gasteiger charge is -2.37. The summed E-state index contributed by atoms with van der Waals surface area (Å²) >= 11 is 0. The second-order valence-electron chi connectivity index (χ2n) is 6.39. The molecule has 24 heavy (non-hydrogen) atoms. The summed E-state index contributed by atoms with van der Waals surface area (Å²) in [7, 11) is 0. The number of hydrogen-bond acceptors (Lipinski definition) is 4. The van der Waals surface area contributed by atoms with Gasteiger partial charge in [-0.2, -0.15) is 0 Å². The number of rotatable bonds is 4. The van der Waals surface area contributed by atoms with Gasteiger partial charge in [-0.25, -0.2) is 4.79 Å². The van der Waals surface area contributed by atoms with Crippen LogP contribution in [-0.2, 0) is 11.3 Å². The van der Waals surface area contributed by atoms with Crippen molar-refractivity contribution in [1.82, 2.24) is 14.7 Å². The molecule has 0 saturated carbocycles. The Labute approximate surface area is 151 Å². The van der Waals surface area contributed by atoms with Crippen molar-refractivity contribution >= 4 is 18.5 Å². The molecule has 5 nitrogen and oxygen atoms in total. The second kappa shape index (κ2) is 9.25. The van der Waals surface area contributed by atoms with Crippen molar-refractivity contribution in [3.63, 3.8) is 0 Å². The molecule has 0 radical (unpaired) electrons. The van der Waals surface area contributed by atoms with E-state index in [-0.39, 0.29) is 18.5 Å². The number of carbonyl (C=O) groups excluding carboxylic acids is 1. The topological polar surface area (TPSA) is 36.0 Å². The lowest BCUT2D eigenvalue weighted by molar-refractivity contribution is 0.0669. The Morgan fingerprint density at radius 2 is 1.83 bits per heavy atom. The highest BCUT2D eigenvalue weighted by molar-refractivity contribution is 5.85. The predicted octanol–water partition coefficient (Wildman–Crippen LogP) is 2.46. The predicted molar refractivity (Wildman–Crippen MR) is 97.5 cm³/mol. The van der Waals surface area contributed by atoms with Crippen molar-refractivity contribution < 1.29 is 9.53 Å². The SMILES string of the molecule is CCOC(=O)N1CCN(C2CCN(Cc3ccccc3)C2)CC1.Cl. The number of carbonyl (C=O) groups is 1. The Morgan fingerprint density at radius 3 is 2.50 bits per heavy atom. The van der Waals surface area contributed by atoms with E-state index in [1.807, 2.05) is 11.8 Å². The highest BCUT2D eigenvalue weighted by Gasteiger charge is 2.31. The van der Waals surface area contributed by atoms with Gasteiger partial charge in [-0.15, -0.1) is 12.4 Å². The second-order valence-corrected chi connectivity index (χ2v) is 6.39. The molecule has 1 atom stereocenters. The van der Waals surface area contributed by atoms with Gasteiger partial charge >= 0.3 is 6.09 Å². The first-order valence-corrected chi connectivity index (χ1v) is 8.68. The van der Waals surface area contributed by atoms with E-state index in [1.54, 1.807) is 0 Å². The molecule has 6 heteroatoms. The minimum Gasteiger partial charge on any atom is -0.450 e. The molecule has 1 unspecified atom stereocenters. The fraction of sp³-hybridized carbons (Fsp3) is 0.611.